The second-order valence-corrected chi connectivity index (χ2v) is 9.69. The van der Waals surface area contributed by atoms with Gasteiger partial charge in [-0.25, -0.2) is 19.1 Å². The van der Waals surface area contributed by atoms with E-state index in [0.717, 1.165) is 9.25 Å². The van der Waals surface area contributed by atoms with E-state index in [1.54, 1.807) is 24.3 Å². The molecule has 2 atom stereocenters. The minimum absolute atomic E-state index is 0.103. The maximum Gasteiger partial charge on any atom is 0.416 e. The molecule has 3 heterocycles. The summed E-state index contributed by atoms with van der Waals surface area (Å²) in [7, 11) is 0. The number of aliphatic hydroxyl groups is 1. The molecule has 1 amide bonds. The molecule has 2 aromatic carbocycles. The lowest BCUT2D eigenvalue weighted by Gasteiger charge is -2.15. The second kappa shape index (κ2) is 10.5. The van der Waals surface area contributed by atoms with Gasteiger partial charge >= 0.3 is 11.9 Å². The highest BCUT2D eigenvalue weighted by molar-refractivity contribution is 6.32. The van der Waals surface area contributed by atoms with Crippen LogP contribution < -0.4 is 11.0 Å². The van der Waals surface area contributed by atoms with Gasteiger partial charge in [0.05, 0.1) is 23.3 Å². The van der Waals surface area contributed by atoms with Gasteiger partial charge in [0.2, 0.25) is 5.91 Å². The molecule has 204 valence electrons. The van der Waals surface area contributed by atoms with Crippen LogP contribution in [0.25, 0.3) is 17.1 Å². The molecule has 1 fully saturated rings. The van der Waals surface area contributed by atoms with Crippen LogP contribution in [0.5, 0.6) is 0 Å². The molecule has 15 heteroatoms. The van der Waals surface area contributed by atoms with Crippen LogP contribution in [0.1, 0.15) is 30.5 Å². The average Bonchev–Trinajstić information content (AvgIpc) is 3.58. The number of carbonyl (C=O) groups excluding carboxylic acids is 1. The van der Waals surface area contributed by atoms with Crippen molar-refractivity contribution >= 4 is 29.1 Å². The molecular weight excluding hydrogens is 562 g/mol. The summed E-state index contributed by atoms with van der Waals surface area (Å²) in [5.41, 5.74) is -0.108. The van der Waals surface area contributed by atoms with Gasteiger partial charge in [0.15, 0.2) is 23.6 Å². The Morgan fingerprint density at radius 3 is 2.44 bits per heavy atom. The molecular formula is C24H20Cl2F3N7O3. The molecule has 2 N–H and O–H groups in total. The summed E-state index contributed by atoms with van der Waals surface area (Å²) in [4.78, 5) is 29.6. The van der Waals surface area contributed by atoms with Crippen molar-refractivity contribution in [1.82, 2.24) is 34.4 Å². The summed E-state index contributed by atoms with van der Waals surface area (Å²) in [6, 6.07) is 12.4. The zero-order valence-electron chi connectivity index (χ0n) is 19.9. The lowest BCUT2D eigenvalue weighted by Crippen LogP contribution is -2.37. The molecule has 10 nitrogen and oxygen atoms in total. The molecule has 0 spiro atoms. The molecule has 4 aromatic rings. The van der Waals surface area contributed by atoms with Crippen molar-refractivity contribution in [3.05, 3.63) is 80.7 Å². The molecule has 0 radical (unpaired) electrons. The number of aromatic nitrogens is 6. The monoisotopic (exact) mass is 581 g/mol. The smallest absolute Gasteiger partial charge is 0.382 e. The Labute approximate surface area is 228 Å². The number of nitrogens with one attached hydrogen (secondary N) is 1. The topological polar surface area (TPSA) is 120 Å². The summed E-state index contributed by atoms with van der Waals surface area (Å²) < 4.78 is 42.6. The van der Waals surface area contributed by atoms with Gasteiger partial charge in [-0.15, -0.1) is 10.2 Å². The lowest BCUT2D eigenvalue weighted by atomic mass is 10.2. The molecule has 1 aliphatic heterocycles. The number of hydrogen-bond acceptors (Lipinski definition) is 6. The zero-order valence-corrected chi connectivity index (χ0v) is 21.5. The summed E-state index contributed by atoms with van der Waals surface area (Å²) in [6.45, 7) is -1.37. The minimum atomic E-state index is -4.95. The van der Waals surface area contributed by atoms with E-state index in [-0.39, 0.29) is 24.1 Å². The first kappa shape index (κ1) is 26.9. The molecule has 0 unspecified atom stereocenters. The molecule has 1 aliphatic rings. The number of hydrogen-bond donors (Lipinski definition) is 2. The van der Waals surface area contributed by atoms with Gasteiger partial charge in [0.25, 0.3) is 0 Å². The van der Waals surface area contributed by atoms with E-state index in [4.69, 9.17) is 23.2 Å². The van der Waals surface area contributed by atoms with Crippen molar-refractivity contribution in [2.75, 3.05) is 0 Å². The highest BCUT2D eigenvalue weighted by atomic mass is 35.5. The van der Waals surface area contributed by atoms with E-state index in [1.165, 1.54) is 28.9 Å². The number of aliphatic hydroxyl groups excluding tert-OH is 1. The number of halogens is 5. The Kier molecular flexibility index (Phi) is 7.23. The fraction of sp³-hybridized carbons (Fsp3) is 0.292. The normalized spacial score (nSPS) is 16.5. The van der Waals surface area contributed by atoms with E-state index < -0.39 is 30.6 Å². The molecule has 39 heavy (non-hydrogen) atoms. The van der Waals surface area contributed by atoms with Crippen molar-refractivity contribution in [2.24, 2.45) is 0 Å². The Balaban J connectivity index is 1.57. The summed E-state index contributed by atoms with van der Waals surface area (Å²) in [6.07, 6.45) is -6.99. The lowest BCUT2D eigenvalue weighted by molar-refractivity contribution is -0.207. The molecule has 0 aliphatic carbocycles. The van der Waals surface area contributed by atoms with E-state index >= 15 is 0 Å². The van der Waals surface area contributed by atoms with Crippen molar-refractivity contribution in [1.29, 1.82) is 0 Å². The predicted molar refractivity (Wildman–Crippen MR) is 135 cm³/mol. The number of para-hydroxylation sites is 1. The highest BCUT2D eigenvalue weighted by Crippen LogP contribution is 2.28. The Bertz CT molecular complexity index is 1580. The minimum Gasteiger partial charge on any atom is -0.382 e. The number of alkyl halides is 3. The fourth-order valence-electron chi connectivity index (χ4n) is 4.20. The van der Waals surface area contributed by atoms with E-state index in [9.17, 15) is 27.9 Å². The molecule has 0 bridgehead atoms. The second-order valence-electron chi connectivity index (χ2n) is 8.85. The third-order valence-corrected chi connectivity index (χ3v) is 6.69. The Morgan fingerprint density at radius 1 is 1.08 bits per heavy atom. The predicted octanol–water partition coefficient (Wildman–Crippen LogP) is 3.52. The standard InChI is InChI=1S/C24H20Cl2F3N7O3/c25-14-7-5-13(6-8-14)21-33-35(23(39)34(21)11-18(37)24(27,28)29)12-19-31-22(16-9-10-20(38)30-16)36(32-19)17-4-2-1-3-15(17)26/h1-8,16,18,37H,9-12H2,(H,30,38)/t16-,18+/m1/s1. The maximum atomic E-state index is 13.2. The number of nitrogens with zero attached hydrogens (tertiary/aromatic N) is 6. The average molecular weight is 582 g/mol. The van der Waals surface area contributed by atoms with Crippen LogP contribution in [0.15, 0.2) is 53.3 Å². The Hall–Kier alpha value is -3.68. The first-order chi connectivity index (χ1) is 18.5. The van der Waals surface area contributed by atoms with Gasteiger partial charge in [-0.3, -0.25) is 9.36 Å². The van der Waals surface area contributed by atoms with Crippen molar-refractivity contribution in [2.45, 2.75) is 44.3 Å². The van der Waals surface area contributed by atoms with Gasteiger partial charge < -0.3 is 10.4 Å². The van der Waals surface area contributed by atoms with E-state index in [1.807, 2.05) is 0 Å². The number of rotatable bonds is 7. The van der Waals surface area contributed by atoms with E-state index in [0.29, 0.717) is 40.0 Å². The number of amides is 1. The van der Waals surface area contributed by atoms with Crippen molar-refractivity contribution < 1.29 is 23.1 Å². The molecule has 2 aromatic heterocycles. The van der Waals surface area contributed by atoms with Crippen LogP contribution in [-0.2, 0) is 17.9 Å². The number of carbonyl (C=O) groups is 1. The van der Waals surface area contributed by atoms with Crippen LogP contribution >= 0.6 is 23.2 Å². The van der Waals surface area contributed by atoms with E-state index in [2.05, 4.69) is 20.5 Å². The largest absolute Gasteiger partial charge is 0.416 e. The molecule has 1 saturated heterocycles. The third kappa shape index (κ3) is 5.56. The van der Waals surface area contributed by atoms with Gasteiger partial charge in [0.1, 0.15) is 6.54 Å². The first-order valence-electron chi connectivity index (χ1n) is 11.7. The molecule has 5 rings (SSSR count). The van der Waals surface area contributed by atoms with Crippen LogP contribution in [0.4, 0.5) is 13.2 Å². The van der Waals surface area contributed by atoms with Gasteiger partial charge in [-0.2, -0.15) is 13.2 Å². The van der Waals surface area contributed by atoms with Gasteiger partial charge in [-0.1, -0.05) is 35.3 Å². The fourth-order valence-corrected chi connectivity index (χ4v) is 4.54. The molecule has 0 saturated carbocycles. The SMILES string of the molecule is O=C1CC[C@H](c2nc(Cn3nc(-c4ccc(Cl)cc4)n(C[C@H](O)C(F)(F)F)c3=O)nn2-c2ccccc2Cl)N1. The van der Waals surface area contributed by atoms with Gasteiger partial charge in [0, 0.05) is 17.0 Å². The third-order valence-electron chi connectivity index (χ3n) is 6.11. The van der Waals surface area contributed by atoms with Crippen molar-refractivity contribution in [3.63, 3.8) is 0 Å². The summed E-state index contributed by atoms with van der Waals surface area (Å²) in [5.74, 6) is 0.230. The maximum absolute atomic E-state index is 13.2. The summed E-state index contributed by atoms with van der Waals surface area (Å²) in [5, 5.41) is 22.0. The van der Waals surface area contributed by atoms with Crippen LogP contribution in [-0.4, -0.2) is 52.4 Å². The van der Waals surface area contributed by atoms with Crippen LogP contribution in [0.3, 0.4) is 0 Å². The quantitative estimate of drug-likeness (QED) is 0.344. The van der Waals surface area contributed by atoms with Crippen LogP contribution in [0, 0.1) is 0 Å². The number of benzene rings is 2. The first-order valence-corrected chi connectivity index (χ1v) is 12.5. The Morgan fingerprint density at radius 2 is 1.79 bits per heavy atom. The highest BCUT2D eigenvalue weighted by Gasteiger charge is 2.39. The van der Waals surface area contributed by atoms with Gasteiger partial charge in [-0.05, 0) is 42.8 Å². The zero-order chi connectivity index (χ0) is 27.9. The summed E-state index contributed by atoms with van der Waals surface area (Å²) >= 11 is 12.3. The van der Waals surface area contributed by atoms with Crippen LogP contribution in [0.2, 0.25) is 10.0 Å². The van der Waals surface area contributed by atoms with Crippen molar-refractivity contribution in [3.8, 4) is 17.1 Å².